The first-order chi connectivity index (χ1) is 69.3. The van der Waals surface area contributed by atoms with Gasteiger partial charge in [-0.05, 0) is 148 Å². The van der Waals surface area contributed by atoms with Gasteiger partial charge in [-0.2, -0.15) is 0 Å². The van der Waals surface area contributed by atoms with Gasteiger partial charge in [0.15, 0.2) is 23.3 Å². The highest BCUT2D eigenvalue weighted by Crippen LogP contribution is 2.42. The second-order valence-electron chi connectivity index (χ2n) is 44.1. The molecule has 0 radical (unpaired) electrons. The smallest absolute Gasteiger partial charge is 0.164 e. The Morgan fingerprint density at radius 1 is 0.171 bits per heavy atom. The molecular weight excluding hydrogens is 1710 g/mol. The second-order valence-corrected chi connectivity index (χ2v) is 44.1. The van der Waals surface area contributed by atoms with Crippen LogP contribution >= 0.6 is 0 Å². The normalized spacial score (nSPS) is 12.9. The fourth-order valence-corrected chi connectivity index (χ4v) is 22.1. The zero-order valence-corrected chi connectivity index (χ0v) is 92.0. The Balaban J connectivity index is 1.12. The zero-order chi connectivity index (χ0) is 98.2. The molecule has 0 amide bonds. The fourth-order valence-electron chi connectivity index (χ4n) is 22.1. The molecule has 4 aromatic carbocycles. The summed E-state index contributed by atoms with van der Waals surface area (Å²) in [4.78, 5) is 41.8. The maximum Gasteiger partial charge on any atom is 0.164 e. The van der Waals surface area contributed by atoms with Gasteiger partial charge in [0.2, 0.25) is 0 Å². The molecule has 2 N–H and O–H groups in total. The first-order valence-electron chi connectivity index (χ1n) is 61.2. The first-order valence-corrected chi connectivity index (χ1v) is 61.2. The monoisotopic (exact) mass is 1920 g/mol. The number of nitrogens with one attached hydrogen (secondary N) is 2. The standard InChI is InChI=1S/C128H210N8O4/c1-9-17-25-33-41-49-53-61-69-77-85-105(81-73-65-57-45-37-29-21-13-5)101-137-109-89-93-113-117(97-109)125-129-121(113)134-126-119-99-111(139-103-107(83-75-67-59-47-39-31-23-15-7)87-79-71-63-55-51-43-35-27-19-11-3)91-95-115(119)123(131-126)136-128-120-100-112(140-104-108(84-76-68-60-48-40-32-24-16-8)88-80-72-64-56-52-44-36-28-20-12-4)92-96-116(120)124(132-128)135-127-118-98-110(90-94-114(118)122(130-127)133-125)138-102-106(82-74-66-58-46-38-30-22-14-6)86-78-70-62-54-50-42-34-26-18-10-2/h89-100,105-108H,9-88,101-104H2,1-8H3,(H2,129,130,131,132,133,134,135,136). The molecule has 12 heteroatoms. The van der Waals surface area contributed by atoms with Crippen molar-refractivity contribution in [2.75, 3.05) is 26.4 Å². The molecule has 12 nitrogen and oxygen atoms in total. The molecular formula is C128H210N8O4. The van der Waals surface area contributed by atoms with E-state index in [1.54, 1.807) is 0 Å². The maximum atomic E-state index is 7.15. The number of aromatic nitrogens is 8. The van der Waals surface area contributed by atoms with Crippen molar-refractivity contribution in [3.8, 4) is 68.5 Å². The second kappa shape index (κ2) is 76.1. The minimum atomic E-state index is 0.484. The van der Waals surface area contributed by atoms with Crippen LogP contribution in [-0.2, 0) is 0 Å². The van der Waals surface area contributed by atoms with E-state index in [0.717, 1.165) is 66.8 Å². The van der Waals surface area contributed by atoms with Crippen LogP contribution in [0.15, 0.2) is 72.8 Å². The summed E-state index contributed by atoms with van der Waals surface area (Å²) in [5, 5.41) is 3.71. The largest absolute Gasteiger partial charge is 0.493 e. The van der Waals surface area contributed by atoms with Crippen molar-refractivity contribution < 1.29 is 18.9 Å². The maximum absolute atomic E-state index is 7.15. The van der Waals surface area contributed by atoms with E-state index in [4.69, 9.17) is 48.9 Å². The number of hydrogen-bond acceptors (Lipinski definition) is 10. The summed E-state index contributed by atoms with van der Waals surface area (Å²) in [5.41, 5.74) is 6.27. The molecule has 0 spiro atoms. The summed E-state index contributed by atoms with van der Waals surface area (Å²) in [5.74, 6) is 7.64. The number of fused-ring (bicyclic) bond motifs is 20. The van der Waals surface area contributed by atoms with Gasteiger partial charge in [-0.25, -0.2) is 29.9 Å². The molecule has 2 aliphatic rings. The molecule has 2 aliphatic heterocycles. The van der Waals surface area contributed by atoms with Crippen molar-refractivity contribution >= 4 is 44.1 Å². The van der Waals surface area contributed by atoms with Crippen molar-refractivity contribution in [3.63, 3.8) is 0 Å². The van der Waals surface area contributed by atoms with E-state index in [2.05, 4.69) is 138 Å². The number of ether oxygens (including phenoxy) is 4. The Bertz CT molecular complexity index is 4170. The van der Waals surface area contributed by atoms with Crippen LogP contribution in [0.3, 0.4) is 0 Å². The third kappa shape index (κ3) is 47.3. The molecule has 5 heterocycles. The number of aromatic amines is 2. The minimum absolute atomic E-state index is 0.484. The molecule has 8 bridgehead atoms. The lowest BCUT2D eigenvalue weighted by molar-refractivity contribution is 0.224. The van der Waals surface area contributed by atoms with Gasteiger partial charge in [0, 0.05) is 43.8 Å². The van der Waals surface area contributed by atoms with Gasteiger partial charge in [-0.15, -0.1) is 0 Å². The molecule has 9 rings (SSSR count). The van der Waals surface area contributed by atoms with E-state index < -0.39 is 0 Å². The van der Waals surface area contributed by atoms with E-state index in [1.807, 2.05) is 0 Å². The molecule has 3 aromatic heterocycles. The molecule has 0 fully saturated rings. The van der Waals surface area contributed by atoms with Crippen molar-refractivity contribution in [2.24, 2.45) is 23.7 Å². The summed E-state index contributed by atoms with van der Waals surface area (Å²) in [6.45, 7) is 21.3. The SMILES string of the molecule is CCCCCCCCCCCCC(CCCCCCCCCC)COc1ccc2c(c1)-c1nc-2nc2[nH]c(nc3nc(nc4[nH]c(n1)c1ccc(OCC(CCCCCCCCCC)CCCCCCCCCCCC)cc41)-c1ccc(OCC(CCCCCCCCCC)CCCCCCCCCCCC)cc1-3)c1ccc(OCC(CCCCCCCCCC)CCCCCCCCCCCC)cc21. The molecule has 4 unspecified atom stereocenters. The van der Waals surface area contributed by atoms with Crippen LogP contribution in [0.4, 0.5) is 0 Å². The summed E-state index contributed by atoms with van der Waals surface area (Å²) in [7, 11) is 0. The summed E-state index contributed by atoms with van der Waals surface area (Å²) < 4.78 is 28.6. The lowest BCUT2D eigenvalue weighted by atomic mass is 9.94. The van der Waals surface area contributed by atoms with Gasteiger partial charge in [0.05, 0.1) is 26.4 Å². The van der Waals surface area contributed by atoms with Gasteiger partial charge in [0.25, 0.3) is 0 Å². The van der Waals surface area contributed by atoms with Crippen molar-refractivity contribution in [1.82, 2.24) is 39.9 Å². The average Bonchev–Trinajstić information content (AvgIpc) is 1.59. The lowest BCUT2D eigenvalue weighted by Crippen LogP contribution is -2.12. The summed E-state index contributed by atoms with van der Waals surface area (Å²) in [6.07, 6.45) is 106. The minimum Gasteiger partial charge on any atom is -0.493 e. The molecule has 140 heavy (non-hydrogen) atoms. The van der Waals surface area contributed by atoms with Crippen LogP contribution in [0, 0.1) is 23.7 Å². The fraction of sp³-hybridized carbons (Fsp3) is 0.750. The molecule has 0 saturated carbocycles. The first kappa shape index (κ1) is 117. The average molecular weight is 1930 g/mol. The number of rotatable bonds is 92. The van der Waals surface area contributed by atoms with Crippen LogP contribution in [0.5, 0.6) is 23.0 Å². The number of unbranched alkanes of at least 4 members (excludes halogenated alkanes) is 64. The molecule has 4 atom stereocenters. The Kier molecular flexibility index (Phi) is 63.6. The third-order valence-corrected chi connectivity index (χ3v) is 31.4. The quantitative estimate of drug-likeness (QED) is 0.0353. The van der Waals surface area contributed by atoms with Crippen LogP contribution in [0.1, 0.15) is 569 Å². The number of H-pyrrole nitrogens is 2. The highest BCUT2D eigenvalue weighted by molar-refractivity contribution is 6.07. The number of hydrogen-bond donors (Lipinski definition) is 2. The van der Waals surface area contributed by atoms with Gasteiger partial charge >= 0.3 is 0 Å². The van der Waals surface area contributed by atoms with Crippen LogP contribution < -0.4 is 18.9 Å². The molecule has 0 saturated heterocycles. The van der Waals surface area contributed by atoms with E-state index in [1.165, 1.54) is 514 Å². The van der Waals surface area contributed by atoms with Crippen molar-refractivity contribution in [1.29, 1.82) is 0 Å². The highest BCUT2D eigenvalue weighted by atomic mass is 16.5. The van der Waals surface area contributed by atoms with Crippen LogP contribution in [0.25, 0.3) is 89.7 Å². The van der Waals surface area contributed by atoms with E-state index >= 15 is 0 Å². The highest BCUT2D eigenvalue weighted by Gasteiger charge is 2.27. The zero-order valence-electron chi connectivity index (χ0n) is 92.0. The summed E-state index contributed by atoms with van der Waals surface area (Å²) >= 11 is 0. The summed E-state index contributed by atoms with van der Waals surface area (Å²) in [6, 6.07) is 26.3. The van der Waals surface area contributed by atoms with Gasteiger partial charge < -0.3 is 28.9 Å². The Labute approximate surface area is 858 Å². The van der Waals surface area contributed by atoms with E-state index in [9.17, 15) is 0 Å². The third-order valence-electron chi connectivity index (χ3n) is 31.4. The predicted molar refractivity (Wildman–Crippen MR) is 607 cm³/mol. The van der Waals surface area contributed by atoms with E-state index in [-0.39, 0.29) is 0 Å². The van der Waals surface area contributed by atoms with Crippen molar-refractivity contribution in [2.45, 2.75) is 569 Å². The number of benzene rings is 4. The predicted octanol–water partition coefficient (Wildman–Crippen LogP) is 42.2. The molecule has 7 aromatic rings. The molecule has 786 valence electrons. The Hall–Kier alpha value is -6.56. The topological polar surface area (TPSA) is 146 Å². The van der Waals surface area contributed by atoms with Crippen molar-refractivity contribution in [3.05, 3.63) is 72.8 Å². The Morgan fingerprint density at radius 3 is 0.536 bits per heavy atom. The van der Waals surface area contributed by atoms with Gasteiger partial charge in [-0.3, -0.25) is 0 Å². The van der Waals surface area contributed by atoms with Crippen LogP contribution in [-0.4, -0.2) is 66.3 Å². The number of nitrogens with zero attached hydrogens (tertiary/aromatic N) is 6. The van der Waals surface area contributed by atoms with Crippen LogP contribution in [0.2, 0.25) is 0 Å². The molecule has 0 aliphatic carbocycles. The van der Waals surface area contributed by atoms with Gasteiger partial charge in [0.1, 0.15) is 45.6 Å². The van der Waals surface area contributed by atoms with Gasteiger partial charge in [-0.1, -0.05) is 518 Å². The van der Waals surface area contributed by atoms with E-state index in [0.29, 0.717) is 96.0 Å². The Morgan fingerprint density at radius 2 is 0.336 bits per heavy atom. The lowest BCUT2D eigenvalue weighted by Gasteiger charge is -2.18.